The summed E-state index contributed by atoms with van der Waals surface area (Å²) in [7, 11) is 0. The van der Waals surface area contributed by atoms with Gasteiger partial charge in [0.25, 0.3) is 5.91 Å². The Morgan fingerprint density at radius 1 is 1.12 bits per heavy atom. The molecule has 0 unspecified atom stereocenters. The molecule has 0 aliphatic heterocycles. The van der Waals surface area contributed by atoms with Gasteiger partial charge in [0.2, 0.25) is 0 Å². The van der Waals surface area contributed by atoms with Gasteiger partial charge in [-0.3, -0.25) is 4.79 Å². The van der Waals surface area contributed by atoms with Gasteiger partial charge in [-0.2, -0.15) is 0 Å². The van der Waals surface area contributed by atoms with Crippen LogP contribution in [0.3, 0.4) is 0 Å². The van der Waals surface area contributed by atoms with Crippen molar-refractivity contribution < 1.29 is 4.79 Å². The summed E-state index contributed by atoms with van der Waals surface area (Å²) in [5.41, 5.74) is 2.64. The molecule has 1 amide bonds. The van der Waals surface area contributed by atoms with E-state index in [0.29, 0.717) is 5.56 Å². The molecule has 0 heterocycles. The van der Waals surface area contributed by atoms with Gasteiger partial charge < -0.3 is 5.32 Å². The van der Waals surface area contributed by atoms with Crippen molar-refractivity contribution in [2.75, 3.05) is 5.32 Å². The Labute approximate surface area is 114 Å². The number of halogens is 1. The molecule has 2 aromatic rings. The van der Waals surface area contributed by atoms with E-state index < -0.39 is 0 Å². The van der Waals surface area contributed by atoms with Crippen LogP contribution >= 0.6 is 22.6 Å². The number of anilines is 1. The molecule has 86 valence electrons. The summed E-state index contributed by atoms with van der Waals surface area (Å²) in [6.07, 6.45) is 0. The maximum atomic E-state index is 12.0. The highest BCUT2D eigenvalue weighted by Crippen LogP contribution is 2.13. The second-order valence-electron chi connectivity index (χ2n) is 3.83. The Bertz CT molecular complexity index is 551. The van der Waals surface area contributed by atoms with E-state index in [4.69, 9.17) is 0 Å². The van der Waals surface area contributed by atoms with Gasteiger partial charge in [-0.15, -0.1) is 0 Å². The number of hydrogen-bond donors (Lipinski definition) is 1. The van der Waals surface area contributed by atoms with Crippen LogP contribution in [0, 0.1) is 10.5 Å². The van der Waals surface area contributed by atoms with E-state index in [2.05, 4.69) is 27.9 Å². The Kier molecular flexibility index (Phi) is 3.78. The molecule has 0 saturated carbocycles. The molecule has 0 spiro atoms. The number of rotatable bonds is 2. The van der Waals surface area contributed by atoms with E-state index in [1.807, 2.05) is 55.5 Å². The second-order valence-corrected chi connectivity index (χ2v) is 5.08. The smallest absolute Gasteiger partial charge is 0.255 e. The van der Waals surface area contributed by atoms with Crippen molar-refractivity contribution >= 4 is 34.2 Å². The van der Waals surface area contributed by atoms with Gasteiger partial charge in [-0.1, -0.05) is 18.2 Å². The molecule has 0 aliphatic carbocycles. The van der Waals surface area contributed by atoms with Crippen molar-refractivity contribution in [2.24, 2.45) is 0 Å². The SMILES string of the molecule is Cc1cccc(NC(=O)c2cccc(I)c2)c1. The maximum Gasteiger partial charge on any atom is 0.255 e. The largest absolute Gasteiger partial charge is 0.322 e. The summed E-state index contributed by atoms with van der Waals surface area (Å²) in [5, 5.41) is 2.88. The lowest BCUT2D eigenvalue weighted by atomic mass is 10.2. The Hall–Kier alpha value is -1.36. The van der Waals surface area contributed by atoms with Gasteiger partial charge >= 0.3 is 0 Å². The Balaban J connectivity index is 2.17. The fourth-order valence-electron chi connectivity index (χ4n) is 1.56. The van der Waals surface area contributed by atoms with Gasteiger partial charge in [-0.25, -0.2) is 0 Å². The van der Waals surface area contributed by atoms with Crippen molar-refractivity contribution in [1.82, 2.24) is 0 Å². The zero-order valence-electron chi connectivity index (χ0n) is 9.41. The molecule has 0 aliphatic rings. The van der Waals surface area contributed by atoms with Gasteiger partial charge in [0.15, 0.2) is 0 Å². The van der Waals surface area contributed by atoms with Crippen LogP contribution < -0.4 is 5.32 Å². The van der Waals surface area contributed by atoms with E-state index in [9.17, 15) is 4.79 Å². The van der Waals surface area contributed by atoms with Gasteiger partial charge in [-0.05, 0) is 65.4 Å². The third-order valence-corrected chi connectivity index (χ3v) is 3.03. The van der Waals surface area contributed by atoms with Crippen LogP contribution in [-0.4, -0.2) is 5.91 Å². The topological polar surface area (TPSA) is 29.1 Å². The van der Waals surface area contributed by atoms with Gasteiger partial charge in [0, 0.05) is 14.8 Å². The normalized spacial score (nSPS) is 10.0. The van der Waals surface area contributed by atoms with E-state index >= 15 is 0 Å². The van der Waals surface area contributed by atoms with E-state index in [1.165, 1.54) is 0 Å². The quantitative estimate of drug-likeness (QED) is 0.829. The molecule has 3 heteroatoms. The first kappa shape index (κ1) is 12.1. The summed E-state index contributed by atoms with van der Waals surface area (Å²) in [6.45, 7) is 2.00. The third kappa shape index (κ3) is 3.30. The lowest BCUT2D eigenvalue weighted by Crippen LogP contribution is -2.11. The van der Waals surface area contributed by atoms with Gasteiger partial charge in [0.05, 0.1) is 0 Å². The molecule has 1 N–H and O–H groups in total. The lowest BCUT2D eigenvalue weighted by molar-refractivity contribution is 0.102. The number of aryl methyl sites for hydroxylation is 1. The maximum absolute atomic E-state index is 12.0. The summed E-state index contributed by atoms with van der Waals surface area (Å²) >= 11 is 2.20. The predicted octanol–water partition coefficient (Wildman–Crippen LogP) is 3.85. The number of hydrogen-bond acceptors (Lipinski definition) is 1. The van der Waals surface area contributed by atoms with E-state index in [1.54, 1.807) is 0 Å². The number of benzene rings is 2. The summed E-state index contributed by atoms with van der Waals surface area (Å²) < 4.78 is 1.06. The van der Waals surface area contributed by atoms with Crippen LogP contribution in [-0.2, 0) is 0 Å². The average Bonchev–Trinajstić information content (AvgIpc) is 2.29. The second kappa shape index (κ2) is 5.31. The minimum absolute atomic E-state index is 0.0749. The van der Waals surface area contributed by atoms with Gasteiger partial charge in [0.1, 0.15) is 0 Å². The first-order valence-electron chi connectivity index (χ1n) is 5.29. The highest BCUT2D eigenvalue weighted by atomic mass is 127. The highest BCUT2D eigenvalue weighted by molar-refractivity contribution is 14.1. The van der Waals surface area contributed by atoms with E-state index in [-0.39, 0.29) is 5.91 Å². The predicted molar refractivity (Wildman–Crippen MR) is 78.3 cm³/mol. The molecule has 0 aromatic heterocycles. The Morgan fingerprint density at radius 3 is 2.59 bits per heavy atom. The third-order valence-electron chi connectivity index (χ3n) is 2.36. The molecule has 0 fully saturated rings. The van der Waals surface area contributed by atoms with Crippen molar-refractivity contribution in [1.29, 1.82) is 0 Å². The number of amides is 1. The summed E-state index contributed by atoms with van der Waals surface area (Å²) in [6, 6.07) is 15.3. The van der Waals surface area contributed by atoms with Crippen molar-refractivity contribution in [2.45, 2.75) is 6.92 Å². The fraction of sp³-hybridized carbons (Fsp3) is 0.0714. The fourth-order valence-corrected chi connectivity index (χ4v) is 2.10. The molecule has 17 heavy (non-hydrogen) atoms. The van der Waals surface area contributed by atoms with Crippen LogP contribution in [0.25, 0.3) is 0 Å². The first-order valence-corrected chi connectivity index (χ1v) is 6.36. The minimum Gasteiger partial charge on any atom is -0.322 e. The molecule has 2 rings (SSSR count). The summed E-state index contributed by atoms with van der Waals surface area (Å²) in [5.74, 6) is -0.0749. The number of nitrogens with one attached hydrogen (secondary N) is 1. The van der Waals surface area contributed by atoms with E-state index in [0.717, 1.165) is 14.8 Å². The molecule has 2 nitrogen and oxygen atoms in total. The monoisotopic (exact) mass is 337 g/mol. The van der Waals surface area contributed by atoms with Crippen LogP contribution in [0.15, 0.2) is 48.5 Å². The molecular formula is C14H12INO. The van der Waals surface area contributed by atoms with Crippen molar-refractivity contribution in [3.05, 3.63) is 63.2 Å². The Morgan fingerprint density at radius 2 is 1.88 bits per heavy atom. The average molecular weight is 337 g/mol. The molecular weight excluding hydrogens is 325 g/mol. The highest BCUT2D eigenvalue weighted by Gasteiger charge is 2.05. The van der Waals surface area contributed by atoms with Crippen LogP contribution in [0.4, 0.5) is 5.69 Å². The van der Waals surface area contributed by atoms with Crippen LogP contribution in [0.2, 0.25) is 0 Å². The standard InChI is InChI=1S/C14H12INO/c1-10-4-2-7-13(8-10)16-14(17)11-5-3-6-12(15)9-11/h2-9H,1H3,(H,16,17). The molecule has 0 atom stereocenters. The minimum atomic E-state index is -0.0749. The molecule has 0 radical (unpaired) electrons. The molecule has 0 bridgehead atoms. The van der Waals surface area contributed by atoms with Crippen molar-refractivity contribution in [3.63, 3.8) is 0 Å². The first-order chi connectivity index (χ1) is 8.15. The molecule has 2 aromatic carbocycles. The zero-order valence-corrected chi connectivity index (χ0v) is 11.6. The summed E-state index contributed by atoms with van der Waals surface area (Å²) in [4.78, 5) is 12.0. The lowest BCUT2D eigenvalue weighted by Gasteiger charge is -2.06. The number of carbonyl (C=O) groups excluding carboxylic acids is 1. The van der Waals surface area contributed by atoms with Crippen molar-refractivity contribution in [3.8, 4) is 0 Å². The number of carbonyl (C=O) groups is 1. The van der Waals surface area contributed by atoms with Crippen LogP contribution in [0.1, 0.15) is 15.9 Å². The zero-order chi connectivity index (χ0) is 12.3. The molecule has 0 saturated heterocycles. The van der Waals surface area contributed by atoms with Crippen LogP contribution in [0.5, 0.6) is 0 Å².